The van der Waals surface area contributed by atoms with Gasteiger partial charge in [-0.2, -0.15) is 0 Å². The molecular formula is C14H30N2. The lowest BCUT2D eigenvalue weighted by atomic mass is 9.92. The highest BCUT2D eigenvalue weighted by atomic mass is 15.1. The zero-order chi connectivity index (χ0) is 12.2. The first-order valence-electron chi connectivity index (χ1n) is 6.81. The van der Waals surface area contributed by atoms with Gasteiger partial charge in [0.05, 0.1) is 0 Å². The van der Waals surface area contributed by atoms with E-state index >= 15 is 0 Å². The average Bonchev–Trinajstić information content (AvgIpc) is 2.60. The fraction of sp³-hybridized carbons (Fsp3) is 1.00. The molecule has 0 aromatic heterocycles. The van der Waals surface area contributed by atoms with Crippen LogP contribution >= 0.6 is 0 Å². The molecule has 1 rings (SSSR count). The first-order chi connectivity index (χ1) is 7.43. The van der Waals surface area contributed by atoms with Gasteiger partial charge in [0.1, 0.15) is 0 Å². The molecule has 0 aromatic rings. The van der Waals surface area contributed by atoms with E-state index in [9.17, 15) is 0 Å². The second kappa shape index (κ2) is 6.02. The van der Waals surface area contributed by atoms with E-state index in [2.05, 4.69) is 45.1 Å². The molecule has 2 nitrogen and oxygen atoms in total. The Hall–Kier alpha value is -0.0800. The molecule has 0 bridgehead atoms. The molecule has 2 unspecified atom stereocenters. The third-order valence-electron chi connectivity index (χ3n) is 3.73. The number of hydrogen-bond donors (Lipinski definition) is 1. The van der Waals surface area contributed by atoms with E-state index in [4.69, 9.17) is 0 Å². The van der Waals surface area contributed by atoms with E-state index in [1.54, 1.807) is 0 Å². The minimum atomic E-state index is 0.383. The third-order valence-corrected chi connectivity index (χ3v) is 3.73. The molecule has 96 valence electrons. The quantitative estimate of drug-likeness (QED) is 0.749. The lowest BCUT2D eigenvalue weighted by Crippen LogP contribution is -2.41. The van der Waals surface area contributed by atoms with Crippen LogP contribution in [0.5, 0.6) is 0 Å². The molecule has 0 heterocycles. The Morgan fingerprint density at radius 3 is 2.44 bits per heavy atom. The molecule has 16 heavy (non-hydrogen) atoms. The number of hydrogen-bond acceptors (Lipinski definition) is 2. The van der Waals surface area contributed by atoms with Crippen LogP contribution in [0.4, 0.5) is 0 Å². The highest BCUT2D eigenvalue weighted by Gasteiger charge is 2.25. The van der Waals surface area contributed by atoms with Crippen molar-refractivity contribution in [2.75, 3.05) is 27.2 Å². The summed E-state index contributed by atoms with van der Waals surface area (Å²) < 4.78 is 0. The fourth-order valence-corrected chi connectivity index (χ4v) is 2.96. The molecule has 0 aromatic carbocycles. The highest BCUT2D eigenvalue weighted by molar-refractivity contribution is 4.83. The molecule has 1 aliphatic rings. The molecule has 0 spiro atoms. The minimum absolute atomic E-state index is 0.383. The van der Waals surface area contributed by atoms with Crippen LogP contribution in [-0.4, -0.2) is 38.1 Å². The molecule has 0 saturated heterocycles. The molecule has 1 saturated carbocycles. The maximum absolute atomic E-state index is 3.76. The minimum Gasteiger partial charge on any atom is -0.313 e. The van der Waals surface area contributed by atoms with Crippen molar-refractivity contribution in [1.82, 2.24) is 10.2 Å². The maximum Gasteiger partial charge on any atom is 0.00700 e. The van der Waals surface area contributed by atoms with E-state index in [1.807, 2.05) is 0 Å². The van der Waals surface area contributed by atoms with Gasteiger partial charge in [0.25, 0.3) is 0 Å². The predicted molar refractivity (Wildman–Crippen MR) is 71.8 cm³/mol. The largest absolute Gasteiger partial charge is 0.313 e. The van der Waals surface area contributed by atoms with Gasteiger partial charge in [-0.1, -0.05) is 27.2 Å². The van der Waals surface area contributed by atoms with E-state index in [0.717, 1.165) is 25.0 Å². The summed E-state index contributed by atoms with van der Waals surface area (Å²) in [6, 6.07) is 0.784. The summed E-state index contributed by atoms with van der Waals surface area (Å²) in [6.45, 7) is 9.33. The van der Waals surface area contributed by atoms with Gasteiger partial charge in [-0.25, -0.2) is 0 Å². The topological polar surface area (TPSA) is 15.3 Å². The van der Waals surface area contributed by atoms with Crippen molar-refractivity contribution in [2.45, 2.75) is 52.5 Å². The van der Waals surface area contributed by atoms with Crippen LogP contribution in [0.2, 0.25) is 0 Å². The molecule has 0 radical (unpaired) electrons. The van der Waals surface area contributed by atoms with Gasteiger partial charge in [-0.3, -0.25) is 0 Å². The van der Waals surface area contributed by atoms with Gasteiger partial charge >= 0.3 is 0 Å². The van der Waals surface area contributed by atoms with Crippen molar-refractivity contribution in [2.24, 2.45) is 11.3 Å². The van der Waals surface area contributed by atoms with Crippen molar-refractivity contribution in [3.63, 3.8) is 0 Å². The Bertz CT molecular complexity index is 199. The second-order valence-corrected chi connectivity index (χ2v) is 6.57. The van der Waals surface area contributed by atoms with Crippen molar-refractivity contribution >= 4 is 0 Å². The Morgan fingerprint density at radius 2 is 1.94 bits per heavy atom. The Kier molecular flexibility index (Phi) is 5.26. The molecule has 0 amide bonds. The normalized spacial score (nSPS) is 26.6. The molecule has 2 heteroatoms. The van der Waals surface area contributed by atoms with Crippen LogP contribution in [0.1, 0.15) is 46.5 Å². The predicted octanol–water partition coefficient (Wildman–Crippen LogP) is 2.74. The van der Waals surface area contributed by atoms with Crippen LogP contribution in [-0.2, 0) is 0 Å². The molecule has 1 N–H and O–H groups in total. The van der Waals surface area contributed by atoms with E-state index in [0.29, 0.717) is 5.41 Å². The second-order valence-electron chi connectivity index (χ2n) is 6.57. The van der Waals surface area contributed by atoms with E-state index < -0.39 is 0 Å². The van der Waals surface area contributed by atoms with Crippen LogP contribution < -0.4 is 5.32 Å². The summed E-state index contributed by atoms with van der Waals surface area (Å²) in [5.41, 5.74) is 0.383. The summed E-state index contributed by atoms with van der Waals surface area (Å²) in [4.78, 5) is 2.28. The van der Waals surface area contributed by atoms with Crippen molar-refractivity contribution < 1.29 is 0 Å². The Balaban J connectivity index is 2.24. The summed E-state index contributed by atoms with van der Waals surface area (Å²) in [7, 11) is 4.31. The van der Waals surface area contributed by atoms with Gasteiger partial charge in [0.2, 0.25) is 0 Å². The van der Waals surface area contributed by atoms with E-state index in [-0.39, 0.29) is 0 Å². The smallest absolute Gasteiger partial charge is 0.00700 e. The fourth-order valence-electron chi connectivity index (χ4n) is 2.96. The average molecular weight is 226 g/mol. The Morgan fingerprint density at radius 1 is 1.25 bits per heavy atom. The lowest BCUT2D eigenvalue weighted by molar-refractivity contribution is 0.224. The summed E-state index contributed by atoms with van der Waals surface area (Å²) in [6.07, 6.45) is 5.58. The van der Waals surface area contributed by atoms with Crippen LogP contribution in [0.3, 0.4) is 0 Å². The van der Waals surface area contributed by atoms with Crippen LogP contribution in [0.25, 0.3) is 0 Å². The standard InChI is InChI=1S/C14H30N2/c1-6-12-7-8-13(9-12)15-10-14(2,3)11-16(4)5/h12-13,15H,6-11H2,1-5H3. The summed E-state index contributed by atoms with van der Waals surface area (Å²) >= 11 is 0. The number of rotatable bonds is 6. The van der Waals surface area contributed by atoms with Gasteiger partial charge < -0.3 is 10.2 Å². The van der Waals surface area contributed by atoms with Crippen molar-refractivity contribution in [3.05, 3.63) is 0 Å². The van der Waals surface area contributed by atoms with E-state index in [1.165, 1.54) is 25.7 Å². The zero-order valence-corrected chi connectivity index (χ0v) is 11.8. The number of nitrogens with zero attached hydrogens (tertiary/aromatic N) is 1. The molecule has 2 atom stereocenters. The first-order valence-corrected chi connectivity index (χ1v) is 6.81. The van der Waals surface area contributed by atoms with Gasteiger partial charge in [-0.15, -0.1) is 0 Å². The molecule has 1 fully saturated rings. The first kappa shape index (κ1) is 14.0. The lowest BCUT2D eigenvalue weighted by Gasteiger charge is -2.30. The molecule has 1 aliphatic carbocycles. The van der Waals surface area contributed by atoms with Crippen molar-refractivity contribution in [3.8, 4) is 0 Å². The van der Waals surface area contributed by atoms with Crippen molar-refractivity contribution in [1.29, 1.82) is 0 Å². The van der Waals surface area contributed by atoms with Crippen LogP contribution in [0, 0.1) is 11.3 Å². The Labute approximate surface area is 102 Å². The molecule has 0 aliphatic heterocycles. The van der Waals surface area contributed by atoms with Gasteiger partial charge in [0.15, 0.2) is 0 Å². The van der Waals surface area contributed by atoms with Gasteiger partial charge in [0, 0.05) is 19.1 Å². The number of nitrogens with one attached hydrogen (secondary N) is 1. The highest BCUT2D eigenvalue weighted by Crippen LogP contribution is 2.28. The molecular weight excluding hydrogens is 196 g/mol. The summed E-state index contributed by atoms with van der Waals surface area (Å²) in [5, 5.41) is 3.76. The zero-order valence-electron chi connectivity index (χ0n) is 11.8. The van der Waals surface area contributed by atoms with Crippen LogP contribution in [0.15, 0.2) is 0 Å². The monoisotopic (exact) mass is 226 g/mol. The third kappa shape index (κ3) is 4.84. The maximum atomic E-state index is 3.76. The van der Waals surface area contributed by atoms with Gasteiger partial charge in [-0.05, 0) is 44.7 Å². The summed E-state index contributed by atoms with van der Waals surface area (Å²) in [5.74, 6) is 0.981. The SMILES string of the molecule is CCC1CCC(NCC(C)(C)CN(C)C)C1.